The highest BCUT2D eigenvalue weighted by molar-refractivity contribution is 5.25. The molecule has 148 valence electrons. The minimum absolute atomic E-state index is 0.0512. The van der Waals surface area contributed by atoms with E-state index < -0.39 is 6.10 Å². The van der Waals surface area contributed by atoms with Gasteiger partial charge in [0, 0.05) is 17.7 Å². The maximum absolute atomic E-state index is 9.69. The average Bonchev–Trinajstić information content (AvgIpc) is 2.55. The topological polar surface area (TPSA) is 41.9 Å². The third-order valence-corrected chi connectivity index (χ3v) is 5.26. The molecule has 1 aliphatic heterocycles. The Labute approximate surface area is 159 Å². The van der Waals surface area contributed by atoms with E-state index in [4.69, 9.17) is 9.57 Å². The van der Waals surface area contributed by atoms with Crippen LogP contribution in [0.25, 0.3) is 0 Å². The molecule has 0 spiro atoms. The molecule has 0 aromatic heterocycles. The van der Waals surface area contributed by atoms with Crippen molar-refractivity contribution in [2.75, 3.05) is 6.61 Å². The zero-order chi connectivity index (χ0) is 19.5. The molecule has 2 atom stereocenters. The van der Waals surface area contributed by atoms with Crippen molar-refractivity contribution in [2.45, 2.75) is 97.1 Å². The fourth-order valence-electron chi connectivity index (χ4n) is 4.12. The molecule has 0 radical (unpaired) electrons. The van der Waals surface area contributed by atoms with Crippen molar-refractivity contribution in [2.24, 2.45) is 0 Å². The van der Waals surface area contributed by atoms with Crippen molar-refractivity contribution in [1.82, 2.24) is 5.06 Å². The van der Waals surface area contributed by atoms with Crippen LogP contribution in [0, 0.1) is 0 Å². The zero-order valence-electron chi connectivity index (χ0n) is 17.6. The molecule has 0 bridgehead atoms. The highest BCUT2D eigenvalue weighted by Crippen LogP contribution is 2.41. The van der Waals surface area contributed by atoms with Gasteiger partial charge in [-0.2, -0.15) is 5.06 Å². The Hall–Kier alpha value is -0.940. The van der Waals surface area contributed by atoms with Gasteiger partial charge in [0.2, 0.25) is 0 Å². The van der Waals surface area contributed by atoms with Gasteiger partial charge in [-0.15, -0.1) is 0 Å². The van der Waals surface area contributed by atoms with E-state index in [2.05, 4.69) is 46.6 Å². The minimum atomic E-state index is -0.444. The van der Waals surface area contributed by atoms with E-state index in [1.807, 2.05) is 24.3 Å². The van der Waals surface area contributed by atoms with Crippen LogP contribution in [0.1, 0.15) is 91.1 Å². The lowest BCUT2D eigenvalue weighted by atomic mass is 9.80. The highest BCUT2D eigenvalue weighted by atomic mass is 16.7. The molecule has 0 saturated carbocycles. The first-order valence-corrected chi connectivity index (χ1v) is 9.93. The molecule has 4 heteroatoms. The predicted octanol–water partition coefficient (Wildman–Crippen LogP) is 5.18. The van der Waals surface area contributed by atoms with E-state index in [-0.39, 0.29) is 23.3 Å². The Morgan fingerprint density at radius 1 is 1.04 bits per heavy atom. The van der Waals surface area contributed by atoms with Crippen LogP contribution in [0.5, 0.6) is 0 Å². The normalized spacial score (nSPS) is 22.9. The summed E-state index contributed by atoms with van der Waals surface area (Å²) in [5.74, 6) is 0. The maximum atomic E-state index is 9.69. The first-order chi connectivity index (χ1) is 12.1. The van der Waals surface area contributed by atoms with E-state index in [0.29, 0.717) is 0 Å². The number of piperidine rings is 1. The van der Waals surface area contributed by atoms with Crippen molar-refractivity contribution < 1.29 is 14.7 Å². The van der Waals surface area contributed by atoms with Crippen LogP contribution < -0.4 is 0 Å². The van der Waals surface area contributed by atoms with E-state index in [0.717, 1.165) is 37.0 Å². The lowest BCUT2D eigenvalue weighted by Gasteiger charge is -2.54. The van der Waals surface area contributed by atoms with Gasteiger partial charge in [0.05, 0.1) is 12.2 Å². The quantitative estimate of drug-likeness (QED) is 0.725. The second kappa shape index (κ2) is 8.39. The highest BCUT2D eigenvalue weighted by Gasteiger charge is 2.47. The number of ether oxygens (including phenoxy) is 1. The number of hydroxylamine groups is 2. The van der Waals surface area contributed by atoms with Crippen LogP contribution in [-0.2, 0) is 9.57 Å². The summed E-state index contributed by atoms with van der Waals surface area (Å²) in [5.41, 5.74) is 1.84. The smallest absolute Gasteiger partial charge is 0.102 e. The van der Waals surface area contributed by atoms with Crippen molar-refractivity contribution >= 4 is 0 Å². The van der Waals surface area contributed by atoms with Gasteiger partial charge in [0.1, 0.15) is 6.10 Å². The molecule has 1 aromatic rings. The molecule has 2 unspecified atom stereocenters. The Bertz CT molecular complexity index is 547. The predicted molar refractivity (Wildman–Crippen MR) is 106 cm³/mol. The van der Waals surface area contributed by atoms with Crippen LogP contribution >= 0.6 is 0 Å². The number of rotatable bonds is 7. The van der Waals surface area contributed by atoms with Gasteiger partial charge in [0.25, 0.3) is 0 Å². The summed E-state index contributed by atoms with van der Waals surface area (Å²) in [6.07, 6.45) is 2.76. The van der Waals surface area contributed by atoms with Crippen LogP contribution in [0.15, 0.2) is 24.3 Å². The molecule has 2 rings (SSSR count). The van der Waals surface area contributed by atoms with Gasteiger partial charge in [-0.1, -0.05) is 31.2 Å². The summed E-state index contributed by atoms with van der Waals surface area (Å²) in [7, 11) is 0. The summed E-state index contributed by atoms with van der Waals surface area (Å²) in [4.78, 5) is 6.48. The number of nitrogens with zero attached hydrogens (tertiary/aromatic N) is 1. The molecule has 1 heterocycles. The van der Waals surface area contributed by atoms with Gasteiger partial charge >= 0.3 is 0 Å². The monoisotopic (exact) mass is 363 g/mol. The molecule has 1 aromatic carbocycles. The molecule has 4 nitrogen and oxygen atoms in total. The SMILES string of the molecule is CCCOC1CC(C)(C)N(OC(C)c2ccc(C(C)O)cc2)C(C)(C)C1. The molecule has 0 amide bonds. The van der Waals surface area contributed by atoms with Crippen LogP contribution in [0.2, 0.25) is 0 Å². The fourth-order valence-corrected chi connectivity index (χ4v) is 4.12. The van der Waals surface area contributed by atoms with Gasteiger partial charge < -0.3 is 9.84 Å². The van der Waals surface area contributed by atoms with Crippen LogP contribution in [0.3, 0.4) is 0 Å². The molecule has 1 fully saturated rings. The number of hydrogen-bond acceptors (Lipinski definition) is 4. The van der Waals surface area contributed by atoms with Crippen LogP contribution in [0.4, 0.5) is 0 Å². The molecule has 0 aliphatic carbocycles. The summed E-state index contributed by atoms with van der Waals surface area (Å²) in [6, 6.07) is 8.04. The molecular formula is C22H37NO3. The number of benzene rings is 1. The molecule has 1 aliphatic rings. The second-order valence-electron chi connectivity index (χ2n) is 8.91. The lowest BCUT2D eigenvalue weighted by molar-refractivity contribution is -0.315. The van der Waals surface area contributed by atoms with Crippen molar-refractivity contribution in [3.05, 3.63) is 35.4 Å². The Balaban J connectivity index is 2.11. The minimum Gasteiger partial charge on any atom is -0.389 e. The largest absolute Gasteiger partial charge is 0.389 e. The van der Waals surface area contributed by atoms with E-state index in [1.165, 1.54) is 0 Å². The summed E-state index contributed by atoms with van der Waals surface area (Å²) >= 11 is 0. The molecule has 1 N–H and O–H groups in total. The second-order valence-corrected chi connectivity index (χ2v) is 8.91. The van der Waals surface area contributed by atoms with Gasteiger partial charge in [-0.3, -0.25) is 4.84 Å². The van der Waals surface area contributed by atoms with Gasteiger partial charge in [0.15, 0.2) is 0 Å². The van der Waals surface area contributed by atoms with Crippen molar-refractivity contribution in [1.29, 1.82) is 0 Å². The standard InChI is InChI=1S/C22H37NO3/c1-8-13-25-20-14-21(4,5)23(22(6,7)15-20)26-17(3)19-11-9-18(10-12-19)16(2)24/h9-12,16-17,20,24H,8,13-15H2,1-7H3. The average molecular weight is 364 g/mol. The Morgan fingerprint density at radius 2 is 1.54 bits per heavy atom. The van der Waals surface area contributed by atoms with E-state index >= 15 is 0 Å². The third-order valence-electron chi connectivity index (χ3n) is 5.26. The van der Waals surface area contributed by atoms with Crippen LogP contribution in [-0.4, -0.2) is 34.0 Å². The van der Waals surface area contributed by atoms with Gasteiger partial charge in [-0.25, -0.2) is 0 Å². The number of hydrogen-bond donors (Lipinski definition) is 1. The summed E-state index contributed by atoms with van der Waals surface area (Å²) in [5, 5.41) is 11.9. The zero-order valence-corrected chi connectivity index (χ0v) is 17.6. The molecule has 26 heavy (non-hydrogen) atoms. The summed E-state index contributed by atoms with van der Waals surface area (Å²) in [6.45, 7) is 15.8. The lowest BCUT2D eigenvalue weighted by Crippen LogP contribution is -2.62. The molecule has 1 saturated heterocycles. The van der Waals surface area contributed by atoms with Gasteiger partial charge in [-0.05, 0) is 71.9 Å². The summed E-state index contributed by atoms with van der Waals surface area (Å²) < 4.78 is 6.07. The first-order valence-electron chi connectivity index (χ1n) is 9.93. The fraction of sp³-hybridized carbons (Fsp3) is 0.727. The Morgan fingerprint density at radius 3 is 2.00 bits per heavy atom. The molecular weight excluding hydrogens is 326 g/mol. The maximum Gasteiger partial charge on any atom is 0.102 e. The Kier molecular flexibility index (Phi) is 6.89. The van der Waals surface area contributed by atoms with Crippen molar-refractivity contribution in [3.63, 3.8) is 0 Å². The van der Waals surface area contributed by atoms with E-state index in [9.17, 15) is 5.11 Å². The number of aliphatic hydroxyl groups excluding tert-OH is 1. The number of aliphatic hydroxyl groups is 1. The van der Waals surface area contributed by atoms with E-state index in [1.54, 1.807) is 6.92 Å². The third kappa shape index (κ3) is 5.07. The first kappa shape index (κ1) is 21.4. The van der Waals surface area contributed by atoms with Crippen molar-refractivity contribution in [3.8, 4) is 0 Å².